The summed E-state index contributed by atoms with van der Waals surface area (Å²) in [5.74, 6) is 1.35. The number of ether oxygens (including phenoxy) is 2. The maximum Gasteiger partial charge on any atom is 0.213 e. The average Bonchev–Trinajstić information content (AvgIpc) is 2.38. The maximum absolute atomic E-state index is 5.97. The van der Waals surface area contributed by atoms with E-state index >= 15 is 0 Å². The minimum absolute atomic E-state index is 0.346. The fourth-order valence-corrected chi connectivity index (χ4v) is 1.77. The van der Waals surface area contributed by atoms with E-state index in [4.69, 9.17) is 15.2 Å². The van der Waals surface area contributed by atoms with E-state index < -0.39 is 0 Å². The quantitative estimate of drug-likeness (QED) is 0.838. The Bertz CT molecular complexity index is 556. The Kier molecular flexibility index (Phi) is 4.23. The van der Waals surface area contributed by atoms with Gasteiger partial charge in [-0.15, -0.1) is 0 Å². The highest BCUT2D eigenvalue weighted by Gasteiger charge is 2.08. The highest BCUT2D eigenvalue weighted by Crippen LogP contribution is 2.25. The van der Waals surface area contributed by atoms with E-state index in [0.29, 0.717) is 24.8 Å². The number of aryl methyl sites for hydroxylation is 1. The summed E-state index contributed by atoms with van der Waals surface area (Å²) in [6, 6.07) is 11.3. The van der Waals surface area contributed by atoms with E-state index in [9.17, 15) is 0 Å². The molecule has 100 valence electrons. The number of nitrogens with zero attached hydrogens (tertiary/aromatic N) is 1. The first-order valence-corrected chi connectivity index (χ1v) is 6.27. The van der Waals surface area contributed by atoms with Crippen molar-refractivity contribution >= 4 is 5.69 Å². The molecule has 1 heterocycles. The summed E-state index contributed by atoms with van der Waals surface area (Å²) >= 11 is 0. The zero-order valence-electron chi connectivity index (χ0n) is 11.2. The predicted molar refractivity (Wildman–Crippen MR) is 75.3 cm³/mol. The predicted octanol–water partition coefficient (Wildman–Crippen LogP) is 2.95. The highest BCUT2D eigenvalue weighted by molar-refractivity contribution is 5.54. The maximum atomic E-state index is 5.97. The van der Waals surface area contributed by atoms with Gasteiger partial charge >= 0.3 is 0 Å². The van der Waals surface area contributed by atoms with Crippen LogP contribution in [0.4, 0.5) is 5.69 Å². The van der Waals surface area contributed by atoms with Gasteiger partial charge in [-0.25, -0.2) is 4.98 Å². The second-order valence-corrected chi connectivity index (χ2v) is 4.16. The molecule has 0 aliphatic heterocycles. The number of benzene rings is 1. The normalized spacial score (nSPS) is 10.2. The topological polar surface area (TPSA) is 57.4 Å². The van der Waals surface area contributed by atoms with E-state index in [1.54, 1.807) is 0 Å². The number of pyridine rings is 1. The number of nitrogens with two attached hydrogens (primary N) is 1. The number of rotatable bonds is 5. The lowest BCUT2D eigenvalue weighted by molar-refractivity contribution is 0.278. The Balaban J connectivity index is 2.14. The lowest BCUT2D eigenvalue weighted by atomic mass is 10.1. The van der Waals surface area contributed by atoms with Crippen LogP contribution in [0.15, 0.2) is 36.4 Å². The van der Waals surface area contributed by atoms with E-state index in [1.165, 1.54) is 0 Å². The van der Waals surface area contributed by atoms with Crippen molar-refractivity contribution in [3.05, 3.63) is 47.7 Å². The number of hydrogen-bond acceptors (Lipinski definition) is 4. The van der Waals surface area contributed by atoms with Crippen molar-refractivity contribution in [3.8, 4) is 11.6 Å². The van der Waals surface area contributed by atoms with Gasteiger partial charge < -0.3 is 15.2 Å². The first-order chi connectivity index (χ1) is 9.20. The largest absolute Gasteiger partial charge is 0.493 e. The number of aromatic nitrogens is 1. The second kappa shape index (κ2) is 6.09. The molecule has 1 aromatic carbocycles. The average molecular weight is 258 g/mol. The van der Waals surface area contributed by atoms with Crippen LogP contribution in [0, 0.1) is 6.92 Å². The Morgan fingerprint density at radius 3 is 2.63 bits per heavy atom. The lowest BCUT2D eigenvalue weighted by Crippen LogP contribution is -2.05. The molecule has 2 N–H and O–H groups in total. The van der Waals surface area contributed by atoms with Crippen molar-refractivity contribution in [2.24, 2.45) is 0 Å². The third kappa shape index (κ3) is 3.37. The minimum atomic E-state index is 0.346. The molecule has 0 bridgehead atoms. The monoisotopic (exact) mass is 258 g/mol. The van der Waals surface area contributed by atoms with Crippen molar-refractivity contribution in [1.82, 2.24) is 4.98 Å². The molecule has 0 radical (unpaired) electrons. The summed E-state index contributed by atoms with van der Waals surface area (Å²) in [5.41, 5.74) is 8.40. The Hall–Kier alpha value is -2.23. The molecular formula is C15H18N2O2. The molecule has 1 aromatic heterocycles. The molecule has 4 heteroatoms. The van der Waals surface area contributed by atoms with Crippen LogP contribution >= 0.6 is 0 Å². The van der Waals surface area contributed by atoms with Gasteiger partial charge in [0.2, 0.25) is 5.88 Å². The summed E-state index contributed by atoms with van der Waals surface area (Å²) in [5, 5.41) is 0. The van der Waals surface area contributed by atoms with Crippen molar-refractivity contribution in [2.45, 2.75) is 20.5 Å². The van der Waals surface area contributed by atoms with Gasteiger partial charge in [0.15, 0.2) is 0 Å². The standard InChI is InChI=1S/C15H18N2O2/c1-3-18-14-8-5-7-13(16)12(14)10-19-15-9-4-6-11(2)17-15/h4-9H,3,10,16H2,1-2H3. The Morgan fingerprint density at radius 2 is 1.89 bits per heavy atom. The zero-order chi connectivity index (χ0) is 13.7. The molecule has 0 spiro atoms. The van der Waals surface area contributed by atoms with E-state index in [1.807, 2.05) is 50.2 Å². The summed E-state index contributed by atoms with van der Waals surface area (Å²) in [6.45, 7) is 4.81. The van der Waals surface area contributed by atoms with Crippen LogP contribution in [0.2, 0.25) is 0 Å². The van der Waals surface area contributed by atoms with Gasteiger partial charge in [0.1, 0.15) is 12.4 Å². The molecule has 0 aliphatic rings. The molecule has 0 unspecified atom stereocenters. The number of nitrogen functional groups attached to an aromatic ring is 1. The van der Waals surface area contributed by atoms with Gasteiger partial charge in [0.25, 0.3) is 0 Å². The minimum Gasteiger partial charge on any atom is -0.493 e. The lowest BCUT2D eigenvalue weighted by Gasteiger charge is -2.13. The molecule has 0 saturated carbocycles. The summed E-state index contributed by atoms with van der Waals surface area (Å²) in [6.07, 6.45) is 0. The van der Waals surface area contributed by atoms with Gasteiger partial charge in [-0.05, 0) is 32.0 Å². The molecule has 4 nitrogen and oxygen atoms in total. The van der Waals surface area contributed by atoms with Crippen LogP contribution in [0.1, 0.15) is 18.2 Å². The number of anilines is 1. The second-order valence-electron chi connectivity index (χ2n) is 4.16. The Labute approximate surface area is 113 Å². The fourth-order valence-electron chi connectivity index (χ4n) is 1.77. The van der Waals surface area contributed by atoms with Crippen LogP contribution in [0.3, 0.4) is 0 Å². The van der Waals surface area contributed by atoms with Gasteiger partial charge in [-0.3, -0.25) is 0 Å². The van der Waals surface area contributed by atoms with E-state index in [-0.39, 0.29) is 0 Å². The molecule has 2 aromatic rings. The van der Waals surface area contributed by atoms with Crippen LogP contribution in [0.5, 0.6) is 11.6 Å². The summed E-state index contributed by atoms with van der Waals surface area (Å²) in [7, 11) is 0. The third-order valence-electron chi connectivity index (χ3n) is 2.70. The summed E-state index contributed by atoms with van der Waals surface area (Å²) in [4.78, 5) is 4.29. The van der Waals surface area contributed by atoms with Crippen molar-refractivity contribution in [3.63, 3.8) is 0 Å². The molecule has 0 atom stereocenters. The molecule has 0 saturated heterocycles. The van der Waals surface area contributed by atoms with Gasteiger partial charge in [0.05, 0.1) is 12.2 Å². The van der Waals surface area contributed by atoms with Crippen LogP contribution in [-0.2, 0) is 6.61 Å². The molecule has 0 fully saturated rings. The molecular weight excluding hydrogens is 240 g/mol. The fraction of sp³-hybridized carbons (Fsp3) is 0.267. The van der Waals surface area contributed by atoms with Gasteiger partial charge in [-0.1, -0.05) is 12.1 Å². The molecule has 0 aliphatic carbocycles. The number of hydrogen-bond donors (Lipinski definition) is 1. The third-order valence-corrected chi connectivity index (χ3v) is 2.70. The van der Waals surface area contributed by atoms with E-state index in [2.05, 4.69) is 4.98 Å². The van der Waals surface area contributed by atoms with E-state index in [0.717, 1.165) is 17.0 Å². The Morgan fingerprint density at radius 1 is 1.11 bits per heavy atom. The highest BCUT2D eigenvalue weighted by atomic mass is 16.5. The smallest absolute Gasteiger partial charge is 0.213 e. The van der Waals surface area contributed by atoms with Crippen LogP contribution in [0.25, 0.3) is 0 Å². The van der Waals surface area contributed by atoms with Gasteiger partial charge in [0, 0.05) is 17.4 Å². The summed E-state index contributed by atoms with van der Waals surface area (Å²) < 4.78 is 11.2. The zero-order valence-corrected chi connectivity index (χ0v) is 11.2. The first-order valence-electron chi connectivity index (χ1n) is 6.27. The van der Waals surface area contributed by atoms with Crippen molar-refractivity contribution in [2.75, 3.05) is 12.3 Å². The SMILES string of the molecule is CCOc1cccc(N)c1COc1cccc(C)n1. The van der Waals surface area contributed by atoms with Crippen LogP contribution < -0.4 is 15.2 Å². The van der Waals surface area contributed by atoms with Gasteiger partial charge in [-0.2, -0.15) is 0 Å². The van der Waals surface area contributed by atoms with Crippen molar-refractivity contribution in [1.29, 1.82) is 0 Å². The molecule has 2 rings (SSSR count). The molecule has 19 heavy (non-hydrogen) atoms. The van der Waals surface area contributed by atoms with Crippen molar-refractivity contribution < 1.29 is 9.47 Å². The molecule has 0 amide bonds. The first kappa shape index (κ1) is 13.2. The van der Waals surface area contributed by atoms with Crippen LogP contribution in [-0.4, -0.2) is 11.6 Å².